The number of amides is 1. The molecule has 168 valence electrons. The summed E-state index contributed by atoms with van der Waals surface area (Å²) in [6, 6.07) is 10.8. The maximum Gasteiger partial charge on any atom is 0.416 e. The Labute approximate surface area is 180 Å². The van der Waals surface area contributed by atoms with E-state index in [4.69, 9.17) is 0 Å². The fourth-order valence-electron chi connectivity index (χ4n) is 3.54. The highest BCUT2D eigenvalue weighted by Gasteiger charge is 2.31. The molecule has 1 aliphatic rings. The summed E-state index contributed by atoms with van der Waals surface area (Å²) in [6.07, 6.45) is -2.17. The topological polar surface area (TPSA) is 66.5 Å². The Morgan fingerprint density at radius 2 is 1.74 bits per heavy atom. The fourth-order valence-corrected chi connectivity index (χ4v) is 5.06. The molecule has 0 aromatic heterocycles. The first-order valence-corrected chi connectivity index (χ1v) is 11.6. The summed E-state index contributed by atoms with van der Waals surface area (Å²) in [5.41, 5.74) is 0.428. The highest BCUT2D eigenvalue weighted by Crippen LogP contribution is 2.30. The Morgan fingerprint density at radius 1 is 1.10 bits per heavy atom. The molecule has 2 aromatic rings. The Balaban J connectivity index is 1.55. The molecule has 1 atom stereocenters. The number of halogens is 3. The lowest BCUT2D eigenvalue weighted by molar-refractivity contribution is -0.137. The molecule has 31 heavy (non-hydrogen) atoms. The number of nitrogens with one attached hydrogen (secondary N) is 1. The number of sulfonamides is 1. The molecule has 1 aliphatic heterocycles. The van der Waals surface area contributed by atoms with Crippen molar-refractivity contribution in [2.24, 2.45) is 0 Å². The highest BCUT2D eigenvalue weighted by molar-refractivity contribution is 7.89. The third-order valence-corrected chi connectivity index (χ3v) is 7.27. The Hall–Kier alpha value is -2.39. The normalized spacial score (nSPS) is 16.3. The van der Waals surface area contributed by atoms with Gasteiger partial charge < -0.3 is 5.32 Å². The molecule has 0 saturated carbocycles. The third kappa shape index (κ3) is 5.86. The summed E-state index contributed by atoms with van der Waals surface area (Å²) >= 11 is 0. The van der Waals surface area contributed by atoms with Crippen LogP contribution in [0.25, 0.3) is 0 Å². The van der Waals surface area contributed by atoms with Gasteiger partial charge in [0.15, 0.2) is 0 Å². The van der Waals surface area contributed by atoms with Crippen molar-refractivity contribution in [3.8, 4) is 0 Å². The van der Waals surface area contributed by atoms with E-state index >= 15 is 0 Å². The summed E-state index contributed by atoms with van der Waals surface area (Å²) < 4.78 is 65.2. The van der Waals surface area contributed by atoms with E-state index in [2.05, 4.69) is 5.32 Å². The van der Waals surface area contributed by atoms with Crippen molar-refractivity contribution in [3.63, 3.8) is 0 Å². The molecule has 1 N–H and O–H groups in total. The lowest BCUT2D eigenvalue weighted by Crippen LogP contribution is -2.28. The highest BCUT2D eigenvalue weighted by atomic mass is 32.2. The molecule has 0 bridgehead atoms. The maximum absolute atomic E-state index is 12.9. The summed E-state index contributed by atoms with van der Waals surface area (Å²) in [5.74, 6) is -0.293. The average Bonchev–Trinajstić information content (AvgIpc) is 3.28. The van der Waals surface area contributed by atoms with Crippen molar-refractivity contribution in [1.29, 1.82) is 0 Å². The second kappa shape index (κ2) is 9.40. The molecule has 5 nitrogen and oxygen atoms in total. The molecule has 0 aliphatic carbocycles. The van der Waals surface area contributed by atoms with Crippen LogP contribution in [0.3, 0.4) is 0 Å². The van der Waals surface area contributed by atoms with Crippen LogP contribution in [0.5, 0.6) is 0 Å². The van der Waals surface area contributed by atoms with E-state index in [1.165, 1.54) is 10.4 Å². The second-order valence-corrected chi connectivity index (χ2v) is 9.61. The van der Waals surface area contributed by atoms with Gasteiger partial charge in [0, 0.05) is 19.5 Å². The van der Waals surface area contributed by atoms with Crippen LogP contribution in [0.4, 0.5) is 13.2 Å². The second-order valence-electron chi connectivity index (χ2n) is 7.67. The van der Waals surface area contributed by atoms with E-state index in [0.29, 0.717) is 25.1 Å². The molecular formula is C22H25F3N2O3S. The minimum absolute atomic E-state index is 0.140. The molecule has 1 heterocycles. The van der Waals surface area contributed by atoms with Gasteiger partial charge in [-0.2, -0.15) is 17.5 Å². The van der Waals surface area contributed by atoms with Gasteiger partial charge in [0.05, 0.1) is 16.5 Å². The Kier molecular flexibility index (Phi) is 7.06. The van der Waals surface area contributed by atoms with E-state index in [1.54, 1.807) is 37.3 Å². The molecule has 1 unspecified atom stereocenters. The largest absolute Gasteiger partial charge is 0.416 e. The molecule has 1 amide bonds. The fraction of sp³-hybridized carbons (Fsp3) is 0.409. The molecular weight excluding hydrogens is 429 g/mol. The van der Waals surface area contributed by atoms with Crippen LogP contribution in [0.2, 0.25) is 0 Å². The van der Waals surface area contributed by atoms with Gasteiger partial charge in [-0.15, -0.1) is 0 Å². The van der Waals surface area contributed by atoms with Crippen molar-refractivity contribution in [3.05, 3.63) is 65.2 Å². The molecule has 0 spiro atoms. The van der Waals surface area contributed by atoms with E-state index in [-0.39, 0.29) is 17.2 Å². The number of nitrogens with zero attached hydrogens (tertiary/aromatic N) is 1. The van der Waals surface area contributed by atoms with Gasteiger partial charge in [0.25, 0.3) is 0 Å². The molecule has 1 saturated heterocycles. The zero-order valence-electron chi connectivity index (χ0n) is 17.2. The van der Waals surface area contributed by atoms with Crippen LogP contribution in [-0.2, 0) is 27.4 Å². The van der Waals surface area contributed by atoms with E-state index in [9.17, 15) is 26.4 Å². The van der Waals surface area contributed by atoms with Crippen LogP contribution in [0.15, 0.2) is 53.4 Å². The lowest BCUT2D eigenvalue weighted by Gasteiger charge is -2.17. The number of carbonyl (C=O) groups excluding carboxylic acids is 1. The first-order chi connectivity index (χ1) is 14.6. The predicted octanol–water partition coefficient (Wildman–Crippen LogP) is 4.30. The predicted molar refractivity (Wildman–Crippen MR) is 111 cm³/mol. The summed E-state index contributed by atoms with van der Waals surface area (Å²) in [5, 5.41) is 2.71. The number of hydrogen-bond donors (Lipinski definition) is 1. The van der Waals surface area contributed by atoms with Gasteiger partial charge in [-0.05, 0) is 61.6 Å². The van der Waals surface area contributed by atoms with Gasteiger partial charge in [0.1, 0.15) is 0 Å². The Morgan fingerprint density at radius 3 is 2.35 bits per heavy atom. The van der Waals surface area contributed by atoms with Crippen molar-refractivity contribution in [1.82, 2.24) is 9.62 Å². The molecule has 3 rings (SSSR count). The average molecular weight is 455 g/mol. The van der Waals surface area contributed by atoms with Crippen molar-refractivity contribution in [2.75, 3.05) is 13.1 Å². The van der Waals surface area contributed by atoms with Gasteiger partial charge in [-0.25, -0.2) is 8.42 Å². The first kappa shape index (κ1) is 23.3. The smallest absolute Gasteiger partial charge is 0.350 e. The molecule has 1 fully saturated rings. The zero-order chi connectivity index (χ0) is 22.6. The maximum atomic E-state index is 12.9. The van der Waals surface area contributed by atoms with Crippen LogP contribution in [-0.4, -0.2) is 31.7 Å². The summed E-state index contributed by atoms with van der Waals surface area (Å²) in [6.45, 7) is 2.70. The van der Waals surface area contributed by atoms with Crippen LogP contribution in [0, 0.1) is 0 Å². The van der Waals surface area contributed by atoms with Gasteiger partial charge in [-0.1, -0.05) is 24.3 Å². The number of hydrogen-bond acceptors (Lipinski definition) is 3. The lowest BCUT2D eigenvalue weighted by atomic mass is 10.0. The molecule has 0 radical (unpaired) electrons. The third-order valence-electron chi connectivity index (χ3n) is 5.36. The number of alkyl halides is 3. The molecule has 9 heteroatoms. The van der Waals surface area contributed by atoms with E-state index in [0.717, 1.165) is 30.5 Å². The zero-order valence-corrected chi connectivity index (χ0v) is 18.0. The van der Waals surface area contributed by atoms with Gasteiger partial charge in [0.2, 0.25) is 15.9 Å². The van der Waals surface area contributed by atoms with E-state index < -0.39 is 27.8 Å². The standard InChI is InChI=1S/C22H25F3N2O3S/c1-16(18-5-4-6-19(15-18)22(23,24)25)26-21(28)12-9-17-7-10-20(11-8-17)31(29,30)27-13-2-3-14-27/h4-8,10-11,15-16H,2-3,9,12-14H2,1H3,(H,26,28). The van der Waals surface area contributed by atoms with Gasteiger partial charge >= 0.3 is 6.18 Å². The van der Waals surface area contributed by atoms with Crippen LogP contribution in [0.1, 0.15) is 48.9 Å². The summed E-state index contributed by atoms with van der Waals surface area (Å²) in [4.78, 5) is 12.5. The number of carbonyl (C=O) groups is 1. The van der Waals surface area contributed by atoms with Crippen molar-refractivity contribution >= 4 is 15.9 Å². The molecule has 2 aromatic carbocycles. The van der Waals surface area contributed by atoms with Crippen LogP contribution < -0.4 is 5.32 Å². The van der Waals surface area contributed by atoms with Gasteiger partial charge in [-0.3, -0.25) is 4.79 Å². The Bertz CT molecular complexity index is 1020. The first-order valence-electron chi connectivity index (χ1n) is 10.1. The van der Waals surface area contributed by atoms with Crippen molar-refractivity contribution in [2.45, 2.75) is 49.7 Å². The number of aryl methyl sites for hydroxylation is 1. The van der Waals surface area contributed by atoms with Crippen molar-refractivity contribution < 1.29 is 26.4 Å². The SMILES string of the molecule is CC(NC(=O)CCc1ccc(S(=O)(=O)N2CCCC2)cc1)c1cccc(C(F)(F)F)c1. The van der Waals surface area contributed by atoms with E-state index in [1.807, 2.05) is 0 Å². The number of rotatable bonds is 7. The monoisotopic (exact) mass is 454 g/mol. The minimum Gasteiger partial charge on any atom is -0.350 e. The van der Waals surface area contributed by atoms with Crippen LogP contribution >= 0.6 is 0 Å². The minimum atomic E-state index is -4.44. The number of benzene rings is 2. The summed E-state index contributed by atoms with van der Waals surface area (Å²) in [7, 11) is -3.47. The quantitative estimate of drug-likeness (QED) is 0.678.